The van der Waals surface area contributed by atoms with Crippen molar-refractivity contribution >= 4 is 5.91 Å². The summed E-state index contributed by atoms with van der Waals surface area (Å²) in [5, 5.41) is 3.80. The van der Waals surface area contributed by atoms with Crippen molar-refractivity contribution in [1.82, 2.24) is 10.1 Å². The molecule has 1 aliphatic heterocycles. The molecule has 4 nitrogen and oxygen atoms in total. The number of likely N-dealkylation sites (tertiary alicyclic amines) is 1. The van der Waals surface area contributed by atoms with Crippen molar-refractivity contribution in [2.45, 2.75) is 25.9 Å². The van der Waals surface area contributed by atoms with Crippen molar-refractivity contribution in [2.75, 3.05) is 13.1 Å². The number of alkyl halides is 3. The molecule has 1 aromatic heterocycles. The minimum atomic E-state index is -4.21. The van der Waals surface area contributed by atoms with Crippen LogP contribution in [0.25, 0.3) is 11.3 Å². The molecule has 0 spiro atoms. The number of hydrogen-bond donors (Lipinski definition) is 0. The number of aryl methyl sites for hydroxylation is 1. The van der Waals surface area contributed by atoms with Gasteiger partial charge in [0.25, 0.3) is 5.91 Å². The van der Waals surface area contributed by atoms with E-state index in [1.807, 2.05) is 31.2 Å². The third-order valence-corrected chi connectivity index (χ3v) is 5.61. The van der Waals surface area contributed by atoms with Gasteiger partial charge in [0.15, 0.2) is 5.76 Å². The Balaban J connectivity index is 1.45. The number of hydrogen-bond acceptors (Lipinski definition) is 3. The zero-order valence-electron chi connectivity index (χ0n) is 15.9. The molecule has 1 saturated heterocycles. The quantitative estimate of drug-likeness (QED) is 0.711. The Morgan fingerprint density at radius 2 is 2.00 bits per heavy atom. The molecule has 0 bridgehead atoms. The molecule has 2 aromatic rings. The second-order valence-corrected chi connectivity index (χ2v) is 7.62. The molecule has 0 radical (unpaired) electrons. The number of rotatable bonds is 3. The molecular weight excluding hydrogens is 381 g/mol. The average molecular weight is 402 g/mol. The lowest BCUT2D eigenvalue weighted by atomic mass is 9.89. The predicted molar refractivity (Wildman–Crippen MR) is 102 cm³/mol. The maximum atomic E-state index is 13.0. The van der Waals surface area contributed by atoms with Crippen LogP contribution < -0.4 is 0 Å². The Hall–Kier alpha value is -2.83. The summed E-state index contributed by atoms with van der Waals surface area (Å²) < 4.78 is 43.8. The van der Waals surface area contributed by atoms with E-state index in [0.29, 0.717) is 24.4 Å². The number of amides is 1. The van der Waals surface area contributed by atoms with Crippen molar-refractivity contribution in [3.8, 4) is 11.3 Å². The minimum Gasteiger partial charge on any atom is -0.355 e. The van der Waals surface area contributed by atoms with Crippen LogP contribution in [0, 0.1) is 18.8 Å². The van der Waals surface area contributed by atoms with Gasteiger partial charge in [-0.2, -0.15) is 13.2 Å². The standard InChI is InChI=1S/C22H21F3N2O2/c1-14-2-4-16(5-3-14)20-19(12-26-29-20)21(28)27-11-10-17(13-27)15-6-8-18(9-7-15)22(23,24)25/h2-8,12,17-18H,9-11,13H2,1H3. The fraction of sp³-hybridized carbons (Fsp3) is 0.364. The third kappa shape index (κ3) is 3.99. The summed E-state index contributed by atoms with van der Waals surface area (Å²) >= 11 is 0. The van der Waals surface area contributed by atoms with Gasteiger partial charge in [-0.05, 0) is 25.3 Å². The van der Waals surface area contributed by atoms with Crippen LogP contribution in [-0.2, 0) is 0 Å². The first kappa shape index (κ1) is 19.5. The maximum Gasteiger partial charge on any atom is 0.395 e. The molecule has 2 atom stereocenters. The summed E-state index contributed by atoms with van der Waals surface area (Å²) in [6.07, 6.45) is 2.36. The van der Waals surface area contributed by atoms with Gasteiger partial charge >= 0.3 is 6.18 Å². The largest absolute Gasteiger partial charge is 0.395 e. The van der Waals surface area contributed by atoms with Crippen molar-refractivity contribution in [3.63, 3.8) is 0 Å². The molecule has 152 valence electrons. The van der Waals surface area contributed by atoms with Crippen LogP contribution in [0.1, 0.15) is 28.8 Å². The fourth-order valence-corrected chi connectivity index (χ4v) is 3.87. The van der Waals surface area contributed by atoms with Crippen LogP contribution >= 0.6 is 0 Å². The van der Waals surface area contributed by atoms with E-state index in [4.69, 9.17) is 4.52 Å². The Bertz CT molecular complexity index is 957. The number of carbonyl (C=O) groups excluding carboxylic acids is 1. The molecule has 2 heterocycles. The summed E-state index contributed by atoms with van der Waals surface area (Å²) in [6, 6.07) is 7.64. The number of halogens is 3. The smallest absolute Gasteiger partial charge is 0.355 e. The second-order valence-electron chi connectivity index (χ2n) is 7.62. The summed E-state index contributed by atoms with van der Waals surface area (Å²) in [5.74, 6) is -1.10. The van der Waals surface area contributed by atoms with E-state index >= 15 is 0 Å². The Morgan fingerprint density at radius 3 is 2.66 bits per heavy atom. The van der Waals surface area contributed by atoms with Crippen LogP contribution in [-0.4, -0.2) is 35.2 Å². The molecule has 2 aliphatic rings. The highest BCUT2D eigenvalue weighted by molar-refractivity contribution is 5.99. The van der Waals surface area contributed by atoms with Crippen molar-refractivity contribution in [2.24, 2.45) is 11.8 Å². The van der Waals surface area contributed by atoms with Crippen LogP contribution in [0.5, 0.6) is 0 Å². The lowest BCUT2D eigenvalue weighted by Crippen LogP contribution is -2.29. The van der Waals surface area contributed by atoms with E-state index in [0.717, 1.165) is 23.1 Å². The van der Waals surface area contributed by atoms with E-state index in [-0.39, 0.29) is 18.2 Å². The predicted octanol–water partition coefficient (Wildman–Crippen LogP) is 5.18. The van der Waals surface area contributed by atoms with E-state index < -0.39 is 12.1 Å². The first-order valence-electron chi connectivity index (χ1n) is 9.59. The number of carbonyl (C=O) groups is 1. The Labute approximate surface area is 166 Å². The first-order chi connectivity index (χ1) is 13.8. The molecule has 1 fully saturated rings. The topological polar surface area (TPSA) is 46.3 Å². The molecule has 0 N–H and O–H groups in total. The van der Waals surface area contributed by atoms with Gasteiger partial charge in [0.2, 0.25) is 0 Å². The van der Waals surface area contributed by atoms with Crippen LogP contribution in [0.4, 0.5) is 13.2 Å². The van der Waals surface area contributed by atoms with Gasteiger partial charge in [-0.25, -0.2) is 0 Å². The Kier molecular flexibility index (Phi) is 5.06. The van der Waals surface area contributed by atoms with Gasteiger partial charge in [-0.15, -0.1) is 0 Å². The number of nitrogens with zero attached hydrogens (tertiary/aromatic N) is 2. The van der Waals surface area contributed by atoms with Gasteiger partial charge < -0.3 is 9.42 Å². The summed E-state index contributed by atoms with van der Waals surface area (Å²) in [7, 11) is 0. The van der Waals surface area contributed by atoms with Gasteiger partial charge in [0, 0.05) is 24.6 Å². The van der Waals surface area contributed by atoms with Crippen molar-refractivity contribution < 1.29 is 22.5 Å². The molecule has 7 heteroatoms. The highest BCUT2D eigenvalue weighted by Crippen LogP contribution is 2.36. The number of aromatic nitrogens is 1. The first-order valence-corrected chi connectivity index (χ1v) is 9.59. The molecule has 1 aromatic carbocycles. The summed E-state index contributed by atoms with van der Waals surface area (Å²) in [6.45, 7) is 3.01. The highest BCUT2D eigenvalue weighted by Gasteiger charge is 2.39. The molecule has 1 aliphatic carbocycles. The monoisotopic (exact) mass is 402 g/mol. The highest BCUT2D eigenvalue weighted by atomic mass is 19.4. The zero-order valence-corrected chi connectivity index (χ0v) is 15.9. The van der Waals surface area contributed by atoms with Gasteiger partial charge in [0.05, 0.1) is 12.1 Å². The maximum absolute atomic E-state index is 13.0. The van der Waals surface area contributed by atoms with E-state index in [1.165, 1.54) is 12.3 Å². The third-order valence-electron chi connectivity index (χ3n) is 5.61. The lowest BCUT2D eigenvalue weighted by molar-refractivity contribution is -0.160. The normalized spacial score (nSPS) is 22.1. The van der Waals surface area contributed by atoms with Crippen molar-refractivity contribution in [1.29, 1.82) is 0 Å². The second kappa shape index (κ2) is 7.54. The number of benzene rings is 1. The van der Waals surface area contributed by atoms with Gasteiger partial charge in [-0.3, -0.25) is 4.79 Å². The molecular formula is C22H21F3N2O2. The van der Waals surface area contributed by atoms with Gasteiger partial charge in [-0.1, -0.05) is 53.2 Å². The molecule has 29 heavy (non-hydrogen) atoms. The minimum absolute atomic E-state index is 0.0387. The lowest BCUT2D eigenvalue weighted by Gasteiger charge is -2.22. The molecule has 4 rings (SSSR count). The zero-order chi connectivity index (χ0) is 20.6. The summed E-state index contributed by atoms with van der Waals surface area (Å²) in [4.78, 5) is 14.7. The van der Waals surface area contributed by atoms with Crippen molar-refractivity contribution in [3.05, 3.63) is 65.4 Å². The van der Waals surface area contributed by atoms with E-state index in [1.54, 1.807) is 17.1 Å². The van der Waals surface area contributed by atoms with Crippen LogP contribution in [0.2, 0.25) is 0 Å². The van der Waals surface area contributed by atoms with E-state index in [2.05, 4.69) is 5.16 Å². The summed E-state index contributed by atoms with van der Waals surface area (Å²) in [5.41, 5.74) is 3.16. The average Bonchev–Trinajstić information content (AvgIpc) is 3.37. The van der Waals surface area contributed by atoms with Gasteiger partial charge in [0.1, 0.15) is 5.56 Å². The van der Waals surface area contributed by atoms with Crippen LogP contribution in [0.15, 0.2) is 58.8 Å². The SMILES string of the molecule is Cc1ccc(-c2oncc2C(=O)N2CCC(C3=CCC(C(F)(F)F)C=C3)C2)cc1. The van der Waals surface area contributed by atoms with Crippen LogP contribution in [0.3, 0.4) is 0 Å². The number of allylic oxidation sites excluding steroid dienone is 3. The molecule has 1 amide bonds. The molecule has 0 saturated carbocycles. The van der Waals surface area contributed by atoms with E-state index in [9.17, 15) is 18.0 Å². The Morgan fingerprint density at radius 1 is 1.24 bits per heavy atom. The molecule has 2 unspecified atom stereocenters. The fourth-order valence-electron chi connectivity index (χ4n) is 3.87.